The van der Waals surface area contributed by atoms with Crippen LogP contribution in [0.3, 0.4) is 0 Å². The molecule has 35 heavy (non-hydrogen) atoms. The SMILES string of the molecule is CCn1c(CCC(=O)Nc2cc(C)nn2-c2ccc(C)cc2)nc2cc(S(=O)(=O)N(C)C)ccc21. The van der Waals surface area contributed by atoms with Gasteiger partial charge in [0.1, 0.15) is 11.6 Å². The van der Waals surface area contributed by atoms with Crippen LogP contribution in [0.5, 0.6) is 0 Å². The Morgan fingerprint density at radius 2 is 1.77 bits per heavy atom. The molecule has 0 radical (unpaired) electrons. The molecule has 0 spiro atoms. The van der Waals surface area contributed by atoms with Crippen molar-refractivity contribution in [3.05, 3.63) is 65.6 Å². The van der Waals surface area contributed by atoms with Gasteiger partial charge in [0.05, 0.1) is 27.3 Å². The maximum Gasteiger partial charge on any atom is 0.242 e. The number of hydrogen-bond donors (Lipinski definition) is 1. The number of carbonyl (C=O) groups excluding carboxylic acids is 1. The summed E-state index contributed by atoms with van der Waals surface area (Å²) < 4.78 is 29.9. The van der Waals surface area contributed by atoms with E-state index in [1.54, 1.807) is 22.9 Å². The highest BCUT2D eigenvalue weighted by atomic mass is 32.2. The number of fused-ring (bicyclic) bond motifs is 1. The normalized spacial score (nSPS) is 11.9. The number of aromatic nitrogens is 4. The zero-order valence-corrected chi connectivity index (χ0v) is 21.4. The molecule has 10 heteroatoms. The van der Waals surface area contributed by atoms with Crippen LogP contribution in [0, 0.1) is 13.8 Å². The van der Waals surface area contributed by atoms with Crippen LogP contribution in [0.1, 0.15) is 30.4 Å². The number of nitrogens with one attached hydrogen (secondary N) is 1. The van der Waals surface area contributed by atoms with E-state index in [4.69, 9.17) is 0 Å². The molecule has 2 aromatic heterocycles. The highest BCUT2D eigenvalue weighted by molar-refractivity contribution is 7.89. The molecular formula is C25H30N6O3S. The Labute approximate surface area is 205 Å². The molecule has 0 aliphatic heterocycles. The molecule has 1 N–H and O–H groups in total. The molecule has 2 heterocycles. The van der Waals surface area contributed by atoms with E-state index in [0.29, 0.717) is 24.3 Å². The second-order valence-corrected chi connectivity index (χ2v) is 10.8. The minimum Gasteiger partial charge on any atom is -0.328 e. The van der Waals surface area contributed by atoms with E-state index in [-0.39, 0.29) is 17.2 Å². The molecule has 184 valence electrons. The molecule has 4 rings (SSSR count). The van der Waals surface area contributed by atoms with Crippen molar-refractivity contribution < 1.29 is 13.2 Å². The molecule has 0 aliphatic rings. The summed E-state index contributed by atoms with van der Waals surface area (Å²) in [4.78, 5) is 17.7. The maximum atomic E-state index is 12.8. The fourth-order valence-electron chi connectivity index (χ4n) is 3.98. The van der Waals surface area contributed by atoms with Crippen molar-refractivity contribution >= 4 is 32.8 Å². The van der Waals surface area contributed by atoms with Crippen molar-refractivity contribution in [2.24, 2.45) is 0 Å². The fraction of sp³-hybridized carbons (Fsp3) is 0.320. The molecule has 0 atom stereocenters. The summed E-state index contributed by atoms with van der Waals surface area (Å²) >= 11 is 0. The Balaban J connectivity index is 1.53. The van der Waals surface area contributed by atoms with Crippen molar-refractivity contribution in [1.82, 2.24) is 23.6 Å². The van der Waals surface area contributed by atoms with Crippen LogP contribution in [0.15, 0.2) is 53.4 Å². The quantitative estimate of drug-likeness (QED) is 0.403. The lowest BCUT2D eigenvalue weighted by atomic mass is 10.2. The molecule has 0 saturated carbocycles. The van der Waals surface area contributed by atoms with Crippen molar-refractivity contribution in [3.63, 3.8) is 0 Å². The number of anilines is 1. The molecule has 0 bridgehead atoms. The van der Waals surface area contributed by atoms with E-state index < -0.39 is 10.0 Å². The number of aryl methyl sites for hydroxylation is 4. The Hall–Kier alpha value is -3.50. The van der Waals surface area contributed by atoms with Gasteiger partial charge in [0, 0.05) is 39.5 Å². The third kappa shape index (κ3) is 4.98. The van der Waals surface area contributed by atoms with E-state index in [9.17, 15) is 13.2 Å². The van der Waals surface area contributed by atoms with Crippen molar-refractivity contribution in [3.8, 4) is 5.69 Å². The summed E-state index contributed by atoms with van der Waals surface area (Å²) in [6.45, 7) is 6.56. The van der Waals surface area contributed by atoms with E-state index in [1.807, 2.05) is 55.7 Å². The van der Waals surface area contributed by atoms with Crippen molar-refractivity contribution in [2.75, 3.05) is 19.4 Å². The number of hydrogen-bond acceptors (Lipinski definition) is 5. The summed E-state index contributed by atoms with van der Waals surface area (Å²) in [5.41, 5.74) is 4.26. The van der Waals surface area contributed by atoms with Gasteiger partial charge in [-0.15, -0.1) is 0 Å². The molecule has 0 fully saturated rings. The fourth-order valence-corrected chi connectivity index (χ4v) is 4.90. The van der Waals surface area contributed by atoms with Crippen LogP contribution in [0.25, 0.3) is 16.7 Å². The Kier molecular flexibility index (Phi) is 6.77. The third-order valence-corrected chi connectivity index (χ3v) is 7.66. The van der Waals surface area contributed by atoms with E-state index in [2.05, 4.69) is 15.4 Å². The summed E-state index contributed by atoms with van der Waals surface area (Å²) in [7, 11) is -0.554. The molecule has 9 nitrogen and oxygen atoms in total. The highest BCUT2D eigenvalue weighted by Crippen LogP contribution is 2.23. The lowest BCUT2D eigenvalue weighted by molar-refractivity contribution is -0.116. The highest BCUT2D eigenvalue weighted by Gasteiger charge is 2.20. The Bertz CT molecular complexity index is 1480. The summed E-state index contributed by atoms with van der Waals surface area (Å²) in [6.07, 6.45) is 0.645. The zero-order chi connectivity index (χ0) is 25.3. The monoisotopic (exact) mass is 494 g/mol. The van der Waals surface area contributed by atoms with Gasteiger partial charge < -0.3 is 9.88 Å². The minimum absolute atomic E-state index is 0.149. The lowest BCUT2D eigenvalue weighted by Gasteiger charge is -2.11. The Morgan fingerprint density at radius 1 is 1.06 bits per heavy atom. The predicted octanol–water partition coefficient (Wildman–Crippen LogP) is 3.68. The number of imidazole rings is 1. The first-order valence-corrected chi connectivity index (χ1v) is 12.9. The van der Waals surface area contributed by atoms with Crippen LogP contribution in [0.2, 0.25) is 0 Å². The average molecular weight is 495 g/mol. The van der Waals surface area contributed by atoms with Gasteiger partial charge >= 0.3 is 0 Å². The second-order valence-electron chi connectivity index (χ2n) is 8.68. The molecular weight excluding hydrogens is 464 g/mol. The number of nitrogens with zero attached hydrogens (tertiary/aromatic N) is 5. The number of carbonyl (C=O) groups is 1. The topological polar surface area (TPSA) is 102 Å². The number of amides is 1. The largest absolute Gasteiger partial charge is 0.328 e. The molecule has 0 saturated heterocycles. The van der Waals surface area contributed by atoms with Gasteiger partial charge in [0.15, 0.2) is 0 Å². The maximum absolute atomic E-state index is 12.8. The van der Waals surface area contributed by atoms with Gasteiger partial charge in [0.2, 0.25) is 15.9 Å². The van der Waals surface area contributed by atoms with Crippen molar-refractivity contribution in [1.29, 1.82) is 0 Å². The van der Waals surface area contributed by atoms with Crippen LogP contribution in [-0.4, -0.2) is 52.1 Å². The first-order chi connectivity index (χ1) is 16.6. The van der Waals surface area contributed by atoms with E-state index >= 15 is 0 Å². The van der Waals surface area contributed by atoms with Crippen molar-refractivity contribution in [2.45, 2.75) is 45.1 Å². The lowest BCUT2D eigenvalue weighted by Crippen LogP contribution is -2.22. The standard InChI is InChI=1S/C25H30N6O3S/c1-6-30-22-12-11-20(35(33,34)29(4)5)16-21(22)26-23(30)13-14-25(32)27-24-15-18(3)28-31(24)19-9-7-17(2)8-10-19/h7-12,15-16H,6,13-14H2,1-5H3,(H,27,32). The van der Waals surface area contributed by atoms with Gasteiger partial charge in [-0.25, -0.2) is 22.4 Å². The molecule has 4 aromatic rings. The molecule has 0 aliphatic carbocycles. The number of rotatable bonds is 8. The van der Waals surface area contributed by atoms with Gasteiger partial charge in [-0.2, -0.15) is 5.10 Å². The van der Waals surface area contributed by atoms with Crippen LogP contribution in [-0.2, 0) is 27.8 Å². The summed E-state index contributed by atoms with van der Waals surface area (Å²) in [6, 6.07) is 14.7. The minimum atomic E-state index is -3.55. The number of sulfonamides is 1. The predicted molar refractivity (Wildman–Crippen MR) is 136 cm³/mol. The average Bonchev–Trinajstić information content (AvgIpc) is 3.36. The van der Waals surface area contributed by atoms with E-state index in [0.717, 1.165) is 28.3 Å². The van der Waals surface area contributed by atoms with Gasteiger partial charge in [0.25, 0.3) is 0 Å². The van der Waals surface area contributed by atoms with Gasteiger partial charge in [-0.05, 0) is 51.1 Å². The first kappa shape index (κ1) is 24.6. The third-order valence-electron chi connectivity index (χ3n) is 5.85. The smallest absolute Gasteiger partial charge is 0.242 e. The summed E-state index contributed by atoms with van der Waals surface area (Å²) in [5.74, 6) is 1.20. The zero-order valence-electron chi connectivity index (χ0n) is 20.6. The second kappa shape index (κ2) is 9.63. The van der Waals surface area contributed by atoms with Gasteiger partial charge in [-0.1, -0.05) is 17.7 Å². The Morgan fingerprint density at radius 3 is 2.43 bits per heavy atom. The number of benzene rings is 2. The van der Waals surface area contributed by atoms with E-state index in [1.165, 1.54) is 18.4 Å². The molecule has 2 aromatic carbocycles. The summed E-state index contributed by atoms with van der Waals surface area (Å²) in [5, 5.41) is 7.48. The van der Waals surface area contributed by atoms with Crippen LogP contribution in [0.4, 0.5) is 5.82 Å². The van der Waals surface area contributed by atoms with Gasteiger partial charge in [-0.3, -0.25) is 4.79 Å². The van der Waals surface area contributed by atoms with Crippen LogP contribution >= 0.6 is 0 Å². The molecule has 1 amide bonds. The van der Waals surface area contributed by atoms with Crippen LogP contribution < -0.4 is 5.32 Å². The first-order valence-electron chi connectivity index (χ1n) is 11.5. The molecule has 0 unspecified atom stereocenters.